The van der Waals surface area contributed by atoms with E-state index in [4.69, 9.17) is 0 Å². The van der Waals surface area contributed by atoms with Crippen LogP contribution in [0.5, 0.6) is 0 Å². The second-order valence-corrected chi connectivity index (χ2v) is 7.73. The summed E-state index contributed by atoms with van der Waals surface area (Å²) in [6.07, 6.45) is -3.67. The van der Waals surface area contributed by atoms with Crippen LogP contribution < -0.4 is 5.32 Å². The maximum atomic E-state index is 12.6. The van der Waals surface area contributed by atoms with E-state index in [9.17, 15) is 22.8 Å². The first-order valence-corrected chi connectivity index (χ1v) is 8.71. The molecule has 0 aliphatic carbocycles. The number of carbonyl (C=O) groups excluding carboxylic acids is 2. The molecule has 0 atom stereocenters. The fraction of sp³-hybridized carbons (Fsp3) is 0.579. The normalized spacial score (nSPS) is 16.5. The Bertz CT molecular complexity index is 640. The van der Waals surface area contributed by atoms with Gasteiger partial charge in [-0.2, -0.15) is 13.2 Å². The molecule has 0 unspecified atom stereocenters. The summed E-state index contributed by atoms with van der Waals surface area (Å²) in [6.45, 7) is 5.70. The third-order valence-corrected chi connectivity index (χ3v) is 4.61. The lowest BCUT2D eigenvalue weighted by molar-refractivity contribution is -0.141. The first kappa shape index (κ1) is 20.3. The van der Waals surface area contributed by atoms with Crippen LogP contribution in [0.25, 0.3) is 0 Å². The van der Waals surface area contributed by atoms with E-state index in [-0.39, 0.29) is 11.3 Å². The predicted octanol–water partition coefficient (Wildman–Crippen LogP) is 3.51. The molecule has 4 nitrogen and oxygen atoms in total. The molecule has 0 spiro atoms. The van der Waals surface area contributed by atoms with Gasteiger partial charge >= 0.3 is 6.18 Å². The molecule has 2 amide bonds. The Balaban J connectivity index is 1.89. The SMILES string of the molecule is CC(C)(C)c1ccc(C(=O)N2CCC(C(=O)NCC(F)(F)F)CC2)cc1. The topological polar surface area (TPSA) is 49.4 Å². The quantitative estimate of drug-likeness (QED) is 0.885. The molecule has 1 heterocycles. The molecule has 7 heteroatoms. The van der Waals surface area contributed by atoms with E-state index < -0.39 is 24.5 Å². The van der Waals surface area contributed by atoms with Crippen molar-refractivity contribution in [3.05, 3.63) is 35.4 Å². The highest BCUT2D eigenvalue weighted by Gasteiger charge is 2.32. The highest BCUT2D eigenvalue weighted by Crippen LogP contribution is 2.24. The van der Waals surface area contributed by atoms with Gasteiger partial charge in [0.1, 0.15) is 6.54 Å². The minimum atomic E-state index is -4.41. The number of alkyl halides is 3. The van der Waals surface area contributed by atoms with Gasteiger partial charge in [-0.05, 0) is 36.0 Å². The minimum absolute atomic E-state index is 0.00367. The zero-order valence-corrected chi connectivity index (χ0v) is 15.3. The van der Waals surface area contributed by atoms with Crippen LogP contribution in [0, 0.1) is 5.92 Å². The van der Waals surface area contributed by atoms with Gasteiger partial charge in [0.25, 0.3) is 5.91 Å². The average Bonchev–Trinajstić information content (AvgIpc) is 2.58. The molecule has 0 bridgehead atoms. The van der Waals surface area contributed by atoms with Gasteiger partial charge in [0.2, 0.25) is 5.91 Å². The van der Waals surface area contributed by atoms with Crippen LogP contribution >= 0.6 is 0 Å². The largest absolute Gasteiger partial charge is 0.405 e. The van der Waals surface area contributed by atoms with E-state index in [2.05, 4.69) is 20.8 Å². The molecular weight excluding hydrogens is 345 g/mol. The summed E-state index contributed by atoms with van der Waals surface area (Å²) < 4.78 is 36.5. The highest BCUT2D eigenvalue weighted by atomic mass is 19.4. The van der Waals surface area contributed by atoms with Gasteiger partial charge in [-0.3, -0.25) is 9.59 Å². The lowest BCUT2D eigenvalue weighted by Crippen LogP contribution is -2.44. The van der Waals surface area contributed by atoms with Crippen molar-refractivity contribution < 1.29 is 22.8 Å². The molecule has 144 valence electrons. The van der Waals surface area contributed by atoms with Crippen molar-refractivity contribution in [3.63, 3.8) is 0 Å². The molecule has 1 saturated heterocycles. The lowest BCUT2D eigenvalue weighted by atomic mass is 9.86. The Morgan fingerprint density at radius 2 is 1.62 bits per heavy atom. The van der Waals surface area contributed by atoms with Gasteiger partial charge in [0, 0.05) is 24.6 Å². The monoisotopic (exact) mass is 370 g/mol. The number of piperidine rings is 1. The van der Waals surface area contributed by atoms with Gasteiger partial charge < -0.3 is 10.2 Å². The second kappa shape index (κ2) is 7.68. The highest BCUT2D eigenvalue weighted by molar-refractivity contribution is 5.94. The third-order valence-electron chi connectivity index (χ3n) is 4.61. The molecule has 0 saturated carbocycles. The van der Waals surface area contributed by atoms with Crippen LogP contribution in [-0.4, -0.2) is 42.5 Å². The molecule has 1 aliphatic rings. The smallest absolute Gasteiger partial charge is 0.347 e. The predicted molar refractivity (Wildman–Crippen MR) is 92.8 cm³/mol. The number of nitrogens with zero attached hydrogens (tertiary/aromatic N) is 1. The van der Waals surface area contributed by atoms with Gasteiger partial charge in [-0.15, -0.1) is 0 Å². The number of benzene rings is 1. The standard InChI is InChI=1S/C19H25F3N2O2/c1-18(2,3)15-6-4-14(5-7-15)17(26)24-10-8-13(9-11-24)16(25)23-12-19(20,21)22/h4-7,13H,8-12H2,1-3H3,(H,23,25). The summed E-state index contributed by atoms with van der Waals surface area (Å²) >= 11 is 0. The Kier molecular flexibility index (Phi) is 5.98. The van der Waals surface area contributed by atoms with Crippen LogP contribution in [-0.2, 0) is 10.2 Å². The minimum Gasteiger partial charge on any atom is -0.347 e. The van der Waals surface area contributed by atoms with Crippen LogP contribution in [0.2, 0.25) is 0 Å². The average molecular weight is 370 g/mol. The van der Waals surface area contributed by atoms with Crippen molar-refractivity contribution >= 4 is 11.8 Å². The summed E-state index contributed by atoms with van der Waals surface area (Å²) in [5, 5.41) is 1.92. The molecule has 26 heavy (non-hydrogen) atoms. The molecule has 1 aromatic rings. The molecule has 1 aromatic carbocycles. The maximum Gasteiger partial charge on any atom is 0.405 e. The van der Waals surface area contributed by atoms with Crippen molar-refractivity contribution in [3.8, 4) is 0 Å². The third kappa shape index (κ3) is 5.47. The Hall–Kier alpha value is -2.05. The van der Waals surface area contributed by atoms with Crippen molar-refractivity contribution in [2.75, 3.05) is 19.6 Å². The van der Waals surface area contributed by atoms with Gasteiger partial charge in [0.05, 0.1) is 0 Å². The van der Waals surface area contributed by atoms with Crippen LogP contribution in [0.4, 0.5) is 13.2 Å². The van der Waals surface area contributed by atoms with Gasteiger partial charge in [-0.1, -0.05) is 32.9 Å². The number of halogens is 3. The summed E-state index contributed by atoms with van der Waals surface area (Å²) in [7, 11) is 0. The molecule has 1 N–H and O–H groups in total. The molecule has 0 radical (unpaired) electrons. The Labute approximate surface area is 151 Å². The number of likely N-dealkylation sites (tertiary alicyclic amines) is 1. The first-order chi connectivity index (χ1) is 12.0. The van der Waals surface area contributed by atoms with Crippen molar-refractivity contribution in [2.24, 2.45) is 5.92 Å². The van der Waals surface area contributed by atoms with Gasteiger partial charge in [0.15, 0.2) is 0 Å². The zero-order chi connectivity index (χ0) is 19.5. The lowest BCUT2D eigenvalue weighted by Gasteiger charge is -2.31. The number of hydrogen-bond donors (Lipinski definition) is 1. The Morgan fingerprint density at radius 3 is 2.08 bits per heavy atom. The first-order valence-electron chi connectivity index (χ1n) is 8.71. The second-order valence-electron chi connectivity index (χ2n) is 7.73. The fourth-order valence-electron chi connectivity index (χ4n) is 2.97. The number of rotatable bonds is 3. The number of carbonyl (C=O) groups is 2. The van der Waals surface area contributed by atoms with Gasteiger partial charge in [-0.25, -0.2) is 0 Å². The molecular formula is C19H25F3N2O2. The van der Waals surface area contributed by atoms with Crippen LogP contribution in [0.1, 0.15) is 49.5 Å². The maximum absolute atomic E-state index is 12.6. The zero-order valence-electron chi connectivity index (χ0n) is 15.3. The van der Waals surface area contributed by atoms with E-state index in [0.717, 1.165) is 5.56 Å². The number of amides is 2. The number of hydrogen-bond acceptors (Lipinski definition) is 2. The van der Waals surface area contributed by atoms with E-state index in [0.29, 0.717) is 31.5 Å². The van der Waals surface area contributed by atoms with E-state index in [1.54, 1.807) is 17.0 Å². The number of nitrogens with one attached hydrogen (secondary N) is 1. The molecule has 1 aliphatic heterocycles. The fourth-order valence-corrected chi connectivity index (χ4v) is 2.97. The van der Waals surface area contributed by atoms with Crippen molar-refractivity contribution in [2.45, 2.75) is 45.2 Å². The van der Waals surface area contributed by atoms with Crippen LogP contribution in [0.3, 0.4) is 0 Å². The van der Waals surface area contributed by atoms with E-state index in [1.165, 1.54) is 0 Å². The van der Waals surface area contributed by atoms with Crippen molar-refractivity contribution in [1.29, 1.82) is 0 Å². The summed E-state index contributed by atoms with van der Waals surface area (Å²) in [5.74, 6) is -1.19. The van der Waals surface area contributed by atoms with Crippen molar-refractivity contribution in [1.82, 2.24) is 10.2 Å². The van der Waals surface area contributed by atoms with E-state index >= 15 is 0 Å². The van der Waals surface area contributed by atoms with E-state index in [1.807, 2.05) is 17.4 Å². The van der Waals surface area contributed by atoms with Crippen LogP contribution in [0.15, 0.2) is 24.3 Å². The summed E-state index contributed by atoms with van der Waals surface area (Å²) in [4.78, 5) is 26.0. The Morgan fingerprint density at radius 1 is 1.08 bits per heavy atom. The molecule has 0 aromatic heterocycles. The summed E-state index contributed by atoms with van der Waals surface area (Å²) in [6, 6.07) is 7.46. The molecule has 2 rings (SSSR count). The molecule has 1 fully saturated rings. The summed E-state index contributed by atoms with van der Waals surface area (Å²) in [5.41, 5.74) is 1.72.